The standard InChI is InChI=1S/C12H10BrClN2O2S3/c1-6-10(5-11(13)20-6)21(17,18)16-9-3-2-7(12(15)19)4-8(9)14/h2-5,16H,1H3,(H2,15,19). The van der Waals surface area contributed by atoms with Crippen molar-refractivity contribution in [1.29, 1.82) is 0 Å². The molecule has 9 heteroatoms. The topological polar surface area (TPSA) is 72.2 Å². The Kier molecular flexibility index (Phi) is 4.94. The second kappa shape index (κ2) is 6.21. The van der Waals surface area contributed by atoms with Gasteiger partial charge in [0.2, 0.25) is 0 Å². The first-order chi connectivity index (χ1) is 9.70. The van der Waals surface area contributed by atoms with Crippen LogP contribution in [0.3, 0.4) is 0 Å². The summed E-state index contributed by atoms with van der Waals surface area (Å²) in [5, 5.41) is 0.232. The van der Waals surface area contributed by atoms with Crippen molar-refractivity contribution in [2.24, 2.45) is 5.73 Å². The number of anilines is 1. The Morgan fingerprint density at radius 3 is 2.57 bits per heavy atom. The highest BCUT2D eigenvalue weighted by Gasteiger charge is 2.20. The molecule has 0 amide bonds. The molecule has 0 bridgehead atoms. The van der Waals surface area contributed by atoms with Crippen LogP contribution in [0.4, 0.5) is 5.69 Å². The van der Waals surface area contributed by atoms with Crippen LogP contribution in [-0.2, 0) is 10.0 Å². The second-order valence-corrected chi connectivity index (χ2v) is 9.27. The van der Waals surface area contributed by atoms with Gasteiger partial charge in [0.05, 0.1) is 14.5 Å². The van der Waals surface area contributed by atoms with Gasteiger partial charge in [0.1, 0.15) is 9.88 Å². The summed E-state index contributed by atoms with van der Waals surface area (Å²) in [6, 6.07) is 6.23. The molecule has 2 aromatic rings. The first-order valence-electron chi connectivity index (χ1n) is 5.59. The average Bonchev–Trinajstić information content (AvgIpc) is 2.71. The summed E-state index contributed by atoms with van der Waals surface area (Å²) in [6.07, 6.45) is 0. The van der Waals surface area contributed by atoms with Crippen molar-refractivity contribution in [2.45, 2.75) is 11.8 Å². The van der Waals surface area contributed by atoms with Gasteiger partial charge in [0.15, 0.2) is 0 Å². The molecule has 21 heavy (non-hydrogen) atoms. The summed E-state index contributed by atoms with van der Waals surface area (Å²) in [4.78, 5) is 1.10. The van der Waals surface area contributed by atoms with Gasteiger partial charge in [-0.2, -0.15) is 0 Å². The van der Waals surface area contributed by atoms with Crippen LogP contribution in [0.25, 0.3) is 0 Å². The second-order valence-electron chi connectivity index (χ2n) is 4.14. The molecule has 0 aliphatic carbocycles. The van der Waals surface area contributed by atoms with Crippen molar-refractivity contribution in [3.8, 4) is 0 Å². The van der Waals surface area contributed by atoms with E-state index in [4.69, 9.17) is 29.6 Å². The first kappa shape index (κ1) is 16.7. The molecule has 0 unspecified atom stereocenters. The first-order valence-corrected chi connectivity index (χ1v) is 9.46. The van der Waals surface area contributed by atoms with Gasteiger partial charge in [-0.3, -0.25) is 4.72 Å². The van der Waals surface area contributed by atoms with E-state index in [9.17, 15) is 8.42 Å². The lowest BCUT2D eigenvalue weighted by Gasteiger charge is -2.10. The summed E-state index contributed by atoms with van der Waals surface area (Å²) in [7, 11) is -3.70. The van der Waals surface area contributed by atoms with E-state index >= 15 is 0 Å². The fraction of sp³-hybridized carbons (Fsp3) is 0.0833. The number of nitrogens with two attached hydrogens (primary N) is 1. The third-order valence-electron chi connectivity index (χ3n) is 2.63. The summed E-state index contributed by atoms with van der Waals surface area (Å²) in [5.74, 6) is 0. The van der Waals surface area contributed by atoms with Gasteiger partial charge in [-0.05, 0) is 47.1 Å². The van der Waals surface area contributed by atoms with Gasteiger partial charge in [-0.25, -0.2) is 8.42 Å². The molecule has 1 aromatic carbocycles. The maximum Gasteiger partial charge on any atom is 0.263 e. The van der Waals surface area contributed by atoms with Crippen LogP contribution >= 0.6 is 51.1 Å². The third-order valence-corrected chi connectivity index (χ3v) is 6.35. The van der Waals surface area contributed by atoms with E-state index in [0.29, 0.717) is 10.4 Å². The Balaban J connectivity index is 2.37. The number of hydrogen-bond acceptors (Lipinski definition) is 4. The van der Waals surface area contributed by atoms with Gasteiger partial charge in [0, 0.05) is 10.4 Å². The fourth-order valence-electron chi connectivity index (χ4n) is 1.65. The molecule has 0 spiro atoms. The largest absolute Gasteiger partial charge is 0.389 e. The fourth-order valence-corrected chi connectivity index (χ4v) is 5.55. The van der Waals surface area contributed by atoms with E-state index in [2.05, 4.69) is 20.7 Å². The van der Waals surface area contributed by atoms with Crippen LogP contribution in [0.15, 0.2) is 32.9 Å². The lowest BCUT2D eigenvalue weighted by atomic mass is 10.2. The van der Waals surface area contributed by atoms with Crippen LogP contribution in [0, 0.1) is 6.92 Å². The minimum absolute atomic E-state index is 0.198. The maximum atomic E-state index is 12.4. The van der Waals surface area contributed by atoms with Crippen molar-refractivity contribution in [1.82, 2.24) is 0 Å². The highest BCUT2D eigenvalue weighted by molar-refractivity contribution is 9.11. The summed E-state index contributed by atoms with van der Waals surface area (Å²) in [6.45, 7) is 1.74. The number of benzene rings is 1. The minimum atomic E-state index is -3.70. The zero-order chi connectivity index (χ0) is 15.8. The van der Waals surface area contributed by atoms with Crippen molar-refractivity contribution in [2.75, 3.05) is 4.72 Å². The average molecular weight is 426 g/mol. The molecule has 0 aliphatic heterocycles. The summed E-state index contributed by atoms with van der Waals surface area (Å²) >= 11 is 15.5. The molecular formula is C12H10BrClN2O2S3. The number of thiophene rings is 1. The number of rotatable bonds is 4. The molecule has 0 radical (unpaired) electrons. The monoisotopic (exact) mass is 424 g/mol. The Bertz CT molecular complexity index is 818. The molecule has 0 saturated heterocycles. The molecule has 0 aliphatic rings. The van der Waals surface area contributed by atoms with Crippen LogP contribution in [0.5, 0.6) is 0 Å². The number of nitrogens with one attached hydrogen (secondary N) is 1. The molecule has 2 rings (SSSR count). The number of halogens is 2. The predicted octanol–water partition coefficient (Wildman–Crippen LogP) is 3.91. The normalized spacial score (nSPS) is 11.4. The molecule has 4 nitrogen and oxygen atoms in total. The van der Waals surface area contributed by atoms with E-state index in [1.54, 1.807) is 19.1 Å². The summed E-state index contributed by atoms with van der Waals surface area (Å²) < 4.78 is 28.0. The molecule has 1 heterocycles. The smallest absolute Gasteiger partial charge is 0.263 e. The Morgan fingerprint density at radius 1 is 1.43 bits per heavy atom. The number of thiocarbonyl (C=S) groups is 1. The maximum absolute atomic E-state index is 12.4. The van der Waals surface area contributed by atoms with Crippen molar-refractivity contribution in [3.05, 3.63) is 43.5 Å². The van der Waals surface area contributed by atoms with Crippen molar-refractivity contribution in [3.63, 3.8) is 0 Å². The van der Waals surface area contributed by atoms with Crippen LogP contribution in [0.1, 0.15) is 10.4 Å². The number of hydrogen-bond donors (Lipinski definition) is 2. The lowest BCUT2D eigenvalue weighted by molar-refractivity contribution is 0.601. The van der Waals surface area contributed by atoms with Crippen molar-refractivity contribution >= 4 is 71.8 Å². The van der Waals surface area contributed by atoms with E-state index in [1.165, 1.54) is 23.5 Å². The van der Waals surface area contributed by atoms with E-state index in [-0.39, 0.29) is 20.6 Å². The van der Waals surface area contributed by atoms with E-state index < -0.39 is 10.0 Å². The number of sulfonamides is 1. The highest BCUT2D eigenvalue weighted by atomic mass is 79.9. The van der Waals surface area contributed by atoms with Crippen LogP contribution in [-0.4, -0.2) is 13.4 Å². The van der Waals surface area contributed by atoms with Gasteiger partial charge < -0.3 is 5.73 Å². The quantitative estimate of drug-likeness (QED) is 0.729. The molecule has 3 N–H and O–H groups in total. The van der Waals surface area contributed by atoms with Crippen molar-refractivity contribution < 1.29 is 8.42 Å². The summed E-state index contributed by atoms with van der Waals surface area (Å²) in [5.41, 5.74) is 6.36. The van der Waals surface area contributed by atoms with E-state index in [1.807, 2.05) is 0 Å². The lowest BCUT2D eigenvalue weighted by Crippen LogP contribution is -2.14. The Hall–Kier alpha value is -0.670. The molecule has 0 fully saturated rings. The number of aryl methyl sites for hydroxylation is 1. The van der Waals surface area contributed by atoms with Gasteiger partial charge in [-0.15, -0.1) is 11.3 Å². The molecule has 112 valence electrons. The zero-order valence-electron chi connectivity index (χ0n) is 10.7. The van der Waals surface area contributed by atoms with Gasteiger partial charge in [0.25, 0.3) is 10.0 Å². The highest BCUT2D eigenvalue weighted by Crippen LogP contribution is 2.32. The third kappa shape index (κ3) is 3.75. The zero-order valence-corrected chi connectivity index (χ0v) is 15.5. The van der Waals surface area contributed by atoms with Crippen LogP contribution < -0.4 is 10.5 Å². The Labute approximate surface area is 145 Å². The van der Waals surface area contributed by atoms with Gasteiger partial charge >= 0.3 is 0 Å². The molecule has 0 atom stereocenters. The van der Waals surface area contributed by atoms with Crippen LogP contribution in [0.2, 0.25) is 5.02 Å². The minimum Gasteiger partial charge on any atom is -0.389 e. The predicted molar refractivity (Wildman–Crippen MR) is 94.9 cm³/mol. The van der Waals surface area contributed by atoms with Gasteiger partial charge in [-0.1, -0.05) is 23.8 Å². The Morgan fingerprint density at radius 2 is 2.10 bits per heavy atom. The molecule has 0 saturated carbocycles. The SMILES string of the molecule is Cc1sc(Br)cc1S(=O)(=O)Nc1ccc(C(N)=S)cc1Cl. The molecule has 1 aromatic heterocycles. The molecular weight excluding hydrogens is 416 g/mol. The van der Waals surface area contributed by atoms with E-state index in [0.717, 1.165) is 3.79 Å².